The number of likely N-dealkylation sites (N-methyl/N-ethyl adjacent to an activating group) is 1. The zero-order valence-corrected chi connectivity index (χ0v) is 52.0. The molecule has 0 aromatic rings. The summed E-state index contributed by atoms with van der Waals surface area (Å²) in [6.07, 6.45) is 77.9. The lowest BCUT2D eigenvalue weighted by Crippen LogP contribution is -2.44. The molecule has 0 amide bonds. The molecule has 0 aliphatic heterocycles. The lowest BCUT2D eigenvalue weighted by Gasteiger charge is -2.26. The molecule has 0 aromatic carbocycles. The number of carbonyl (C=O) groups is 3. The van der Waals surface area contributed by atoms with Crippen LogP contribution < -0.4 is 5.11 Å². The fraction of sp³-hybridized carbons (Fsp3) is 0.757. The molecule has 0 aliphatic carbocycles. The van der Waals surface area contributed by atoms with Crippen LogP contribution in [-0.2, 0) is 33.3 Å². The van der Waals surface area contributed by atoms with Crippen LogP contribution >= 0.6 is 0 Å². The maximum atomic E-state index is 12.9. The summed E-state index contributed by atoms with van der Waals surface area (Å²) < 4.78 is 22.8. The predicted octanol–water partition coefficient (Wildman–Crippen LogP) is 18.6. The van der Waals surface area contributed by atoms with Crippen LogP contribution in [0.4, 0.5) is 0 Å². The molecule has 0 N–H and O–H groups in total. The second-order valence-electron chi connectivity index (χ2n) is 23.0. The average Bonchev–Trinajstić information content (AvgIpc) is 3.42. The van der Waals surface area contributed by atoms with Gasteiger partial charge >= 0.3 is 11.9 Å². The van der Waals surface area contributed by atoms with Crippen molar-refractivity contribution in [3.05, 3.63) is 85.1 Å². The van der Waals surface area contributed by atoms with Gasteiger partial charge in [0, 0.05) is 12.8 Å². The van der Waals surface area contributed by atoms with Crippen LogP contribution in [0.5, 0.6) is 0 Å². The van der Waals surface area contributed by atoms with Gasteiger partial charge in [0.1, 0.15) is 13.2 Å². The van der Waals surface area contributed by atoms with E-state index >= 15 is 0 Å². The molecule has 0 fully saturated rings. The molecule has 0 radical (unpaired) electrons. The number of carbonyl (C=O) groups excluding carboxylic acids is 3. The SMILES string of the molecule is CC/C=C\C/C=C\C/C=C\C/C=C\C/C=C\C/C=C\CCCCCCCCCCCCCCC(=O)OC(COC(=O)CCCCCCCCCCCCC/C=C\CCCCCCCCCC)COC(OCC[N+](C)(C)C)C(=O)[O-]. The number of allylic oxidation sites excluding steroid dienone is 14. The maximum Gasteiger partial charge on any atom is 0.306 e. The van der Waals surface area contributed by atoms with E-state index in [0.717, 1.165) is 77.0 Å². The van der Waals surface area contributed by atoms with E-state index in [4.69, 9.17) is 18.9 Å². The van der Waals surface area contributed by atoms with Gasteiger partial charge < -0.3 is 33.3 Å². The third-order valence-electron chi connectivity index (χ3n) is 14.1. The van der Waals surface area contributed by atoms with Crippen molar-refractivity contribution >= 4 is 17.9 Å². The molecule has 0 heterocycles. The molecule has 0 aliphatic rings. The van der Waals surface area contributed by atoms with Gasteiger partial charge in [0.2, 0.25) is 0 Å². The number of quaternary nitrogens is 1. The Balaban J connectivity index is 4.17. The topological polar surface area (TPSA) is 111 Å². The van der Waals surface area contributed by atoms with Crippen molar-refractivity contribution in [2.24, 2.45) is 0 Å². The molecule has 0 bridgehead atoms. The molecule has 79 heavy (non-hydrogen) atoms. The van der Waals surface area contributed by atoms with Gasteiger partial charge in [-0.3, -0.25) is 9.59 Å². The highest BCUT2D eigenvalue weighted by Gasteiger charge is 2.22. The van der Waals surface area contributed by atoms with Gasteiger partial charge in [-0.2, -0.15) is 0 Å². The summed E-state index contributed by atoms with van der Waals surface area (Å²) in [5, 5.41) is 11.8. The number of hydrogen-bond acceptors (Lipinski definition) is 8. The van der Waals surface area contributed by atoms with Crippen molar-refractivity contribution in [2.45, 2.75) is 296 Å². The summed E-state index contributed by atoms with van der Waals surface area (Å²) in [4.78, 5) is 37.4. The second-order valence-corrected chi connectivity index (χ2v) is 23.0. The van der Waals surface area contributed by atoms with Gasteiger partial charge in [0.05, 0.1) is 40.3 Å². The molecule has 9 heteroatoms. The largest absolute Gasteiger partial charge is 0.545 e. The van der Waals surface area contributed by atoms with Gasteiger partial charge in [0.15, 0.2) is 12.4 Å². The lowest BCUT2D eigenvalue weighted by molar-refractivity contribution is -0.870. The number of carboxylic acid groups (broad SMARTS) is 1. The van der Waals surface area contributed by atoms with Crippen LogP contribution in [-0.4, -0.2) is 82.3 Å². The first kappa shape index (κ1) is 75.5. The van der Waals surface area contributed by atoms with E-state index < -0.39 is 24.3 Å². The number of esters is 2. The van der Waals surface area contributed by atoms with Crippen molar-refractivity contribution in [2.75, 3.05) is 47.5 Å². The highest BCUT2D eigenvalue weighted by molar-refractivity contribution is 5.70. The number of unbranched alkanes of at least 4 members (excludes halogenated alkanes) is 31. The summed E-state index contributed by atoms with van der Waals surface area (Å²) in [6, 6.07) is 0. The van der Waals surface area contributed by atoms with Gasteiger partial charge in [-0.1, -0.05) is 266 Å². The Morgan fingerprint density at radius 2 is 0.722 bits per heavy atom. The molecule has 9 nitrogen and oxygen atoms in total. The van der Waals surface area contributed by atoms with Gasteiger partial charge in [-0.15, -0.1) is 0 Å². The first-order valence-electron chi connectivity index (χ1n) is 32.7. The molecule has 0 saturated heterocycles. The van der Waals surface area contributed by atoms with Crippen LogP contribution in [0.15, 0.2) is 85.1 Å². The Labute approximate surface area is 487 Å². The predicted molar refractivity (Wildman–Crippen MR) is 334 cm³/mol. The van der Waals surface area contributed by atoms with E-state index in [1.165, 1.54) is 173 Å². The fourth-order valence-corrected chi connectivity index (χ4v) is 9.12. The van der Waals surface area contributed by atoms with Crippen molar-refractivity contribution in [3.63, 3.8) is 0 Å². The Bertz CT molecular complexity index is 1570. The highest BCUT2D eigenvalue weighted by atomic mass is 16.7. The summed E-state index contributed by atoms with van der Waals surface area (Å²) in [7, 11) is 5.93. The number of rotatable bonds is 60. The Hall–Kier alpha value is -3.53. The normalized spacial score (nSPS) is 13.3. The first-order valence-corrected chi connectivity index (χ1v) is 32.7. The highest BCUT2D eigenvalue weighted by Crippen LogP contribution is 2.17. The Morgan fingerprint density at radius 1 is 0.392 bits per heavy atom. The first-order chi connectivity index (χ1) is 38.6. The molecule has 0 spiro atoms. The van der Waals surface area contributed by atoms with E-state index in [1.807, 2.05) is 21.1 Å². The molecule has 0 saturated carbocycles. The van der Waals surface area contributed by atoms with Gasteiger partial charge in [-0.25, -0.2) is 0 Å². The summed E-state index contributed by atoms with van der Waals surface area (Å²) in [5.41, 5.74) is 0. The molecule has 2 atom stereocenters. The molecule has 0 rings (SSSR count). The van der Waals surface area contributed by atoms with Crippen LogP contribution in [0.2, 0.25) is 0 Å². The number of carboxylic acids is 1. The minimum Gasteiger partial charge on any atom is -0.545 e. The van der Waals surface area contributed by atoms with Crippen LogP contribution in [0.25, 0.3) is 0 Å². The zero-order chi connectivity index (χ0) is 57.6. The van der Waals surface area contributed by atoms with E-state index in [-0.39, 0.29) is 38.6 Å². The van der Waals surface area contributed by atoms with Crippen molar-refractivity contribution in [1.82, 2.24) is 0 Å². The third-order valence-corrected chi connectivity index (χ3v) is 14.1. The summed E-state index contributed by atoms with van der Waals surface area (Å²) >= 11 is 0. The van der Waals surface area contributed by atoms with Crippen molar-refractivity contribution in [1.29, 1.82) is 0 Å². The molecule has 456 valence electrons. The maximum absolute atomic E-state index is 12.9. The fourth-order valence-electron chi connectivity index (χ4n) is 9.12. The van der Waals surface area contributed by atoms with E-state index in [2.05, 4.69) is 98.9 Å². The number of nitrogens with zero attached hydrogens (tertiary/aromatic N) is 1. The molecular formula is C70H123NO8. The van der Waals surface area contributed by atoms with E-state index in [9.17, 15) is 19.5 Å². The third kappa shape index (κ3) is 61.9. The monoisotopic (exact) mass is 1110 g/mol. The van der Waals surface area contributed by atoms with Crippen molar-refractivity contribution < 1.29 is 42.9 Å². The van der Waals surface area contributed by atoms with Gasteiger partial charge in [0.25, 0.3) is 0 Å². The van der Waals surface area contributed by atoms with Crippen LogP contribution in [0.3, 0.4) is 0 Å². The minimum absolute atomic E-state index is 0.145. The molecule has 0 aromatic heterocycles. The minimum atomic E-state index is -1.63. The molecule has 2 unspecified atom stereocenters. The smallest absolute Gasteiger partial charge is 0.306 e. The van der Waals surface area contributed by atoms with Crippen LogP contribution in [0.1, 0.15) is 284 Å². The number of aliphatic carboxylic acids is 1. The average molecular weight is 1110 g/mol. The number of hydrogen-bond donors (Lipinski definition) is 0. The van der Waals surface area contributed by atoms with Crippen molar-refractivity contribution in [3.8, 4) is 0 Å². The summed E-state index contributed by atoms with van der Waals surface area (Å²) in [5.74, 6) is -2.28. The zero-order valence-electron chi connectivity index (χ0n) is 52.0. The summed E-state index contributed by atoms with van der Waals surface area (Å²) in [6.45, 7) is 4.66. The second kappa shape index (κ2) is 60.6. The Kier molecular flexibility index (Phi) is 57.9. The van der Waals surface area contributed by atoms with E-state index in [0.29, 0.717) is 17.4 Å². The van der Waals surface area contributed by atoms with Crippen LogP contribution in [0, 0.1) is 0 Å². The molecular weight excluding hydrogens is 983 g/mol. The van der Waals surface area contributed by atoms with E-state index in [1.54, 1.807) is 0 Å². The quantitative estimate of drug-likeness (QED) is 0.0195. The lowest BCUT2D eigenvalue weighted by atomic mass is 10.0. The number of ether oxygens (including phenoxy) is 4. The standard InChI is InChI=1S/C70H123NO8/c1-6-8-10-12-14-16-18-20-22-24-26-28-30-31-32-33-34-35-36-37-39-41-43-45-47-49-51-53-55-57-59-61-68(73)79-66(65-78-70(69(74)75)76-63-62-71(3,4)5)64-77-67(72)60-58-56-54-52-50-48-46-44-42-40-38-29-27-25-23-21-19-17-15-13-11-9-7-2/h8,10,14,16,20,22,25-28,31-32,34-35,66,70H,6-7,9,11-13,15,17-19,21,23-24,29-30,33,36-65H2,1-5H3/b10-8-,16-14-,22-20-,27-25-,28-26-,32-31-,35-34-. The van der Waals surface area contributed by atoms with Gasteiger partial charge in [-0.05, 0) is 89.9 Å². The Morgan fingerprint density at radius 3 is 1.09 bits per heavy atom.